The van der Waals surface area contributed by atoms with E-state index in [1.54, 1.807) is 6.20 Å². The largest absolute Gasteiger partial charge is 0.350 e. The number of aromatic amines is 1. The molecule has 4 aromatic rings. The summed E-state index contributed by atoms with van der Waals surface area (Å²) in [6.45, 7) is 2.04. The van der Waals surface area contributed by atoms with E-state index in [0.29, 0.717) is 21.6 Å². The van der Waals surface area contributed by atoms with Crippen LogP contribution in [-0.2, 0) is 5.75 Å². The van der Waals surface area contributed by atoms with Gasteiger partial charge in [-0.1, -0.05) is 65.3 Å². The average molecular weight is 383 g/mol. The number of thioether (sulfide) groups is 1. The smallest absolute Gasteiger partial charge is 0.285 e. The van der Waals surface area contributed by atoms with Crippen LogP contribution in [0.5, 0.6) is 0 Å². The summed E-state index contributed by atoms with van der Waals surface area (Å²) in [5, 5.41) is 5.44. The summed E-state index contributed by atoms with van der Waals surface area (Å²) in [5.41, 5.74) is 4.36. The van der Waals surface area contributed by atoms with Gasteiger partial charge >= 0.3 is 5.69 Å². The highest BCUT2D eigenvalue weighted by atomic mass is 35.5. The Bertz CT molecular complexity index is 1120. The molecule has 0 fully saturated rings. The van der Waals surface area contributed by atoms with E-state index >= 15 is 0 Å². The van der Waals surface area contributed by atoms with Crippen molar-refractivity contribution in [3.8, 4) is 11.1 Å². The van der Waals surface area contributed by atoms with Gasteiger partial charge in [-0.3, -0.25) is 4.98 Å². The molecule has 0 saturated carbocycles. The van der Waals surface area contributed by atoms with Crippen LogP contribution in [0, 0.1) is 6.92 Å². The summed E-state index contributed by atoms with van der Waals surface area (Å²) in [4.78, 5) is 19.7. The maximum Gasteiger partial charge on any atom is 0.350 e. The van der Waals surface area contributed by atoms with Crippen LogP contribution in [0.3, 0.4) is 0 Å². The van der Waals surface area contributed by atoms with Gasteiger partial charge in [0.25, 0.3) is 0 Å². The fourth-order valence-corrected chi connectivity index (χ4v) is 3.54. The van der Waals surface area contributed by atoms with E-state index in [1.807, 2.05) is 55.5 Å². The summed E-state index contributed by atoms with van der Waals surface area (Å²) in [6.07, 6.45) is 1.68. The Labute approximate surface area is 159 Å². The number of aryl methyl sites for hydroxylation is 1. The molecule has 0 aliphatic rings. The second-order valence-electron chi connectivity index (χ2n) is 5.92. The van der Waals surface area contributed by atoms with Crippen LogP contribution >= 0.6 is 23.4 Å². The van der Waals surface area contributed by atoms with Gasteiger partial charge in [-0.05, 0) is 30.2 Å². The number of nitrogens with one attached hydrogen (secondary N) is 1. The maximum atomic E-state index is 12.3. The first-order chi connectivity index (χ1) is 12.6. The minimum Gasteiger partial charge on any atom is -0.285 e. The molecule has 4 rings (SSSR count). The van der Waals surface area contributed by atoms with Crippen LogP contribution in [0.1, 0.15) is 11.1 Å². The van der Waals surface area contributed by atoms with Crippen molar-refractivity contribution in [2.24, 2.45) is 0 Å². The van der Waals surface area contributed by atoms with Gasteiger partial charge in [0.05, 0.1) is 6.20 Å². The highest BCUT2D eigenvalue weighted by molar-refractivity contribution is 7.98. The second kappa shape index (κ2) is 6.97. The van der Waals surface area contributed by atoms with E-state index in [-0.39, 0.29) is 5.69 Å². The molecule has 0 spiro atoms. The SMILES string of the molecule is Cc1ccc(-c2cnn3c(=O)[nH]c(SCc4ccc(Cl)cc4)nc23)cc1. The Morgan fingerprint density at radius 3 is 2.58 bits per heavy atom. The molecule has 0 bridgehead atoms. The Morgan fingerprint density at radius 1 is 1.12 bits per heavy atom. The van der Waals surface area contributed by atoms with E-state index in [2.05, 4.69) is 15.1 Å². The number of hydrogen-bond acceptors (Lipinski definition) is 4. The molecular formula is C19H15ClN4OS. The van der Waals surface area contributed by atoms with Crippen LogP contribution < -0.4 is 5.69 Å². The van der Waals surface area contributed by atoms with E-state index in [0.717, 1.165) is 16.7 Å². The van der Waals surface area contributed by atoms with E-state index in [1.165, 1.54) is 21.8 Å². The standard InChI is InChI=1S/C19H15ClN4OS/c1-12-2-6-14(7-3-12)16-10-21-24-17(16)22-18(23-19(24)25)26-11-13-4-8-15(20)9-5-13/h2-10H,11H2,1H3,(H,22,23,25). The van der Waals surface area contributed by atoms with Gasteiger partial charge in [-0.25, -0.2) is 9.78 Å². The highest BCUT2D eigenvalue weighted by Gasteiger charge is 2.12. The van der Waals surface area contributed by atoms with Crippen LogP contribution in [0.4, 0.5) is 0 Å². The third-order valence-corrected chi connectivity index (χ3v) is 5.21. The van der Waals surface area contributed by atoms with Crippen LogP contribution in [0.25, 0.3) is 16.8 Å². The molecule has 5 nitrogen and oxygen atoms in total. The molecule has 7 heteroatoms. The Balaban J connectivity index is 1.68. The lowest BCUT2D eigenvalue weighted by Gasteiger charge is -2.04. The molecular weight excluding hydrogens is 368 g/mol. The van der Waals surface area contributed by atoms with Crippen LogP contribution in [0.15, 0.2) is 64.7 Å². The van der Waals surface area contributed by atoms with Crippen LogP contribution in [-0.4, -0.2) is 19.6 Å². The van der Waals surface area contributed by atoms with E-state index in [9.17, 15) is 4.79 Å². The number of halogens is 1. The number of rotatable bonds is 4. The molecule has 0 radical (unpaired) electrons. The summed E-state index contributed by atoms with van der Waals surface area (Å²) in [6, 6.07) is 15.7. The zero-order chi connectivity index (χ0) is 18.1. The first kappa shape index (κ1) is 16.9. The number of hydrogen-bond donors (Lipinski definition) is 1. The van der Waals surface area contributed by atoms with Gasteiger partial charge in [0.1, 0.15) is 0 Å². The average Bonchev–Trinajstić information content (AvgIpc) is 3.06. The summed E-state index contributed by atoms with van der Waals surface area (Å²) in [7, 11) is 0. The van der Waals surface area contributed by atoms with Crippen molar-refractivity contribution >= 4 is 29.0 Å². The molecule has 130 valence electrons. The molecule has 0 aliphatic heterocycles. The quantitative estimate of drug-likeness (QED) is 0.533. The fraction of sp³-hybridized carbons (Fsp3) is 0.105. The third kappa shape index (κ3) is 3.38. The first-order valence-corrected chi connectivity index (χ1v) is 9.39. The lowest BCUT2D eigenvalue weighted by Crippen LogP contribution is -2.19. The Kier molecular flexibility index (Phi) is 4.53. The van der Waals surface area contributed by atoms with Gasteiger partial charge in [0.2, 0.25) is 0 Å². The minimum absolute atomic E-state index is 0.299. The van der Waals surface area contributed by atoms with Crippen molar-refractivity contribution in [3.05, 3.63) is 81.4 Å². The van der Waals surface area contributed by atoms with Gasteiger partial charge in [-0.15, -0.1) is 0 Å². The Hall–Kier alpha value is -2.57. The maximum absolute atomic E-state index is 12.3. The van der Waals surface area contributed by atoms with E-state index in [4.69, 9.17) is 11.6 Å². The van der Waals surface area contributed by atoms with Gasteiger partial charge < -0.3 is 0 Å². The van der Waals surface area contributed by atoms with Crippen molar-refractivity contribution in [3.63, 3.8) is 0 Å². The van der Waals surface area contributed by atoms with Crippen molar-refractivity contribution < 1.29 is 0 Å². The number of fused-ring (bicyclic) bond motifs is 1. The summed E-state index contributed by atoms with van der Waals surface area (Å²) >= 11 is 7.38. The summed E-state index contributed by atoms with van der Waals surface area (Å²) < 4.78 is 1.29. The molecule has 0 aliphatic carbocycles. The molecule has 0 atom stereocenters. The van der Waals surface area contributed by atoms with Crippen LogP contribution in [0.2, 0.25) is 5.02 Å². The van der Waals surface area contributed by atoms with Gasteiger partial charge in [-0.2, -0.15) is 9.61 Å². The molecule has 0 amide bonds. The lowest BCUT2D eigenvalue weighted by atomic mass is 10.1. The summed E-state index contributed by atoms with van der Waals surface area (Å²) in [5.74, 6) is 0.685. The normalized spacial score (nSPS) is 11.2. The number of aromatic nitrogens is 4. The fourth-order valence-electron chi connectivity index (χ4n) is 2.60. The zero-order valence-electron chi connectivity index (χ0n) is 13.9. The second-order valence-corrected chi connectivity index (χ2v) is 7.32. The van der Waals surface area contributed by atoms with Gasteiger partial charge in [0, 0.05) is 16.3 Å². The monoisotopic (exact) mass is 382 g/mol. The van der Waals surface area contributed by atoms with Crippen molar-refractivity contribution in [2.75, 3.05) is 0 Å². The molecule has 0 unspecified atom stereocenters. The molecule has 2 heterocycles. The van der Waals surface area contributed by atoms with Crippen molar-refractivity contribution in [1.82, 2.24) is 19.6 Å². The molecule has 2 aromatic carbocycles. The highest BCUT2D eigenvalue weighted by Crippen LogP contribution is 2.25. The predicted octanol–water partition coefficient (Wildman–Crippen LogP) is 4.34. The van der Waals surface area contributed by atoms with Gasteiger partial charge in [0.15, 0.2) is 10.8 Å². The lowest BCUT2D eigenvalue weighted by molar-refractivity contribution is 0.786. The van der Waals surface area contributed by atoms with Crippen molar-refractivity contribution in [2.45, 2.75) is 17.8 Å². The minimum atomic E-state index is -0.299. The number of H-pyrrole nitrogens is 1. The van der Waals surface area contributed by atoms with E-state index < -0.39 is 0 Å². The molecule has 0 saturated heterocycles. The Morgan fingerprint density at radius 2 is 1.85 bits per heavy atom. The topological polar surface area (TPSA) is 63.1 Å². The molecule has 2 aromatic heterocycles. The number of nitrogens with zero attached hydrogens (tertiary/aromatic N) is 3. The van der Waals surface area contributed by atoms with Crippen molar-refractivity contribution in [1.29, 1.82) is 0 Å². The first-order valence-electron chi connectivity index (χ1n) is 8.02. The molecule has 1 N–H and O–H groups in total. The third-order valence-electron chi connectivity index (χ3n) is 4.01. The zero-order valence-corrected chi connectivity index (χ0v) is 15.5. The number of benzene rings is 2. The molecule has 26 heavy (non-hydrogen) atoms. The predicted molar refractivity (Wildman–Crippen MR) is 105 cm³/mol.